The summed E-state index contributed by atoms with van der Waals surface area (Å²) in [5.41, 5.74) is 5.56. The lowest BCUT2D eigenvalue weighted by molar-refractivity contribution is 0.135. The first-order chi connectivity index (χ1) is 16.1. The number of aryl methyl sites for hydroxylation is 1. The quantitative estimate of drug-likeness (QED) is 0.485. The van der Waals surface area contributed by atoms with Crippen LogP contribution in [0.5, 0.6) is 5.75 Å². The standard InChI is InChI=1S/C28H31FN2O3/c1-18-9-11-30-22(13-18)17-34-26-8-6-21(29)15-24(26)19-5-7-23-20(14-19)10-12-31(27(32)33)16-25(23)28(2,3)4/h5-9,11,13-15,25H,10,12,16-17H2,1-4H3,(H,32,33). The zero-order valence-corrected chi connectivity index (χ0v) is 20.1. The number of ether oxygens (including phenoxy) is 1. The van der Waals surface area contributed by atoms with Crippen LogP contribution in [0, 0.1) is 18.2 Å². The first-order valence-corrected chi connectivity index (χ1v) is 11.6. The molecule has 1 aliphatic heterocycles. The van der Waals surface area contributed by atoms with Crippen LogP contribution >= 0.6 is 0 Å². The maximum absolute atomic E-state index is 14.3. The smallest absolute Gasteiger partial charge is 0.407 e. The Kier molecular flexibility index (Phi) is 6.60. The fourth-order valence-electron chi connectivity index (χ4n) is 4.59. The van der Waals surface area contributed by atoms with Crippen molar-refractivity contribution >= 4 is 6.09 Å². The highest BCUT2D eigenvalue weighted by Gasteiger charge is 2.33. The van der Waals surface area contributed by atoms with Crippen LogP contribution in [-0.2, 0) is 13.0 Å². The Morgan fingerprint density at radius 1 is 1.18 bits per heavy atom. The van der Waals surface area contributed by atoms with Crippen molar-refractivity contribution in [1.82, 2.24) is 9.88 Å². The summed E-state index contributed by atoms with van der Waals surface area (Å²) < 4.78 is 20.3. The number of carbonyl (C=O) groups is 1. The van der Waals surface area contributed by atoms with E-state index in [9.17, 15) is 14.3 Å². The Balaban J connectivity index is 1.70. The van der Waals surface area contributed by atoms with Gasteiger partial charge in [0.2, 0.25) is 0 Å². The molecule has 5 nitrogen and oxygen atoms in total. The number of hydrogen-bond acceptors (Lipinski definition) is 3. The Morgan fingerprint density at radius 2 is 1.97 bits per heavy atom. The van der Waals surface area contributed by atoms with Gasteiger partial charge in [0, 0.05) is 30.8 Å². The first-order valence-electron chi connectivity index (χ1n) is 11.6. The van der Waals surface area contributed by atoms with E-state index in [1.165, 1.54) is 17.0 Å². The number of hydrogen-bond donors (Lipinski definition) is 1. The van der Waals surface area contributed by atoms with E-state index < -0.39 is 6.09 Å². The molecular weight excluding hydrogens is 431 g/mol. The number of aromatic nitrogens is 1. The lowest BCUT2D eigenvalue weighted by atomic mass is 9.74. The van der Waals surface area contributed by atoms with Crippen LogP contribution in [-0.4, -0.2) is 34.2 Å². The highest BCUT2D eigenvalue weighted by molar-refractivity contribution is 5.72. The molecule has 2 heterocycles. The van der Waals surface area contributed by atoms with E-state index in [1.807, 2.05) is 25.1 Å². The van der Waals surface area contributed by atoms with Crippen LogP contribution in [0.1, 0.15) is 49.1 Å². The number of amides is 1. The molecular formula is C28H31FN2O3. The van der Waals surface area contributed by atoms with E-state index in [2.05, 4.69) is 37.9 Å². The lowest BCUT2D eigenvalue weighted by Gasteiger charge is -2.33. The summed E-state index contributed by atoms with van der Waals surface area (Å²) >= 11 is 0. The summed E-state index contributed by atoms with van der Waals surface area (Å²) in [5, 5.41) is 9.66. The van der Waals surface area contributed by atoms with Gasteiger partial charge in [-0.1, -0.05) is 39.0 Å². The second-order valence-corrected chi connectivity index (χ2v) is 10.1. The molecule has 1 aromatic heterocycles. The number of carboxylic acid groups (broad SMARTS) is 1. The van der Waals surface area contributed by atoms with Crippen LogP contribution in [0.25, 0.3) is 11.1 Å². The van der Waals surface area contributed by atoms with E-state index in [0.29, 0.717) is 30.8 Å². The van der Waals surface area contributed by atoms with Gasteiger partial charge in [-0.2, -0.15) is 0 Å². The minimum atomic E-state index is -0.896. The van der Waals surface area contributed by atoms with Crippen LogP contribution in [0.15, 0.2) is 54.7 Å². The van der Waals surface area contributed by atoms with Gasteiger partial charge in [-0.15, -0.1) is 0 Å². The van der Waals surface area contributed by atoms with Crippen LogP contribution in [0.2, 0.25) is 0 Å². The molecule has 1 N–H and O–H groups in total. The molecule has 178 valence electrons. The monoisotopic (exact) mass is 462 g/mol. The molecule has 3 aromatic rings. The lowest BCUT2D eigenvalue weighted by Crippen LogP contribution is -2.36. The first kappa shape index (κ1) is 23.7. The second kappa shape index (κ2) is 9.45. The highest BCUT2D eigenvalue weighted by Crippen LogP contribution is 2.41. The molecule has 1 unspecified atom stereocenters. The fraction of sp³-hybridized carbons (Fsp3) is 0.357. The average molecular weight is 463 g/mol. The molecule has 0 bridgehead atoms. The number of fused-ring (bicyclic) bond motifs is 1. The van der Waals surface area contributed by atoms with E-state index in [0.717, 1.165) is 27.9 Å². The summed E-state index contributed by atoms with van der Waals surface area (Å²) in [6, 6.07) is 14.5. The Morgan fingerprint density at radius 3 is 2.68 bits per heavy atom. The molecule has 0 fully saturated rings. The molecule has 1 amide bonds. The van der Waals surface area contributed by atoms with Crippen molar-refractivity contribution in [1.29, 1.82) is 0 Å². The van der Waals surface area contributed by atoms with E-state index in [-0.39, 0.29) is 23.8 Å². The highest BCUT2D eigenvalue weighted by atomic mass is 19.1. The van der Waals surface area contributed by atoms with Crippen molar-refractivity contribution in [3.63, 3.8) is 0 Å². The predicted molar refractivity (Wildman–Crippen MR) is 131 cm³/mol. The van der Waals surface area contributed by atoms with Gasteiger partial charge in [0.25, 0.3) is 0 Å². The van der Waals surface area contributed by atoms with E-state index in [1.54, 1.807) is 12.3 Å². The van der Waals surface area contributed by atoms with E-state index >= 15 is 0 Å². The number of rotatable bonds is 4. The van der Waals surface area contributed by atoms with Crippen LogP contribution in [0.4, 0.5) is 9.18 Å². The molecule has 0 saturated heterocycles. The zero-order valence-electron chi connectivity index (χ0n) is 20.1. The van der Waals surface area contributed by atoms with Gasteiger partial charge < -0.3 is 14.7 Å². The number of halogens is 1. The summed E-state index contributed by atoms with van der Waals surface area (Å²) in [5.74, 6) is 0.305. The molecule has 0 saturated carbocycles. The average Bonchev–Trinajstić information content (AvgIpc) is 2.98. The zero-order chi connectivity index (χ0) is 24.5. The molecule has 0 spiro atoms. The second-order valence-electron chi connectivity index (χ2n) is 10.1. The summed E-state index contributed by atoms with van der Waals surface area (Å²) in [4.78, 5) is 17.6. The van der Waals surface area contributed by atoms with Crippen LogP contribution < -0.4 is 4.74 Å². The molecule has 34 heavy (non-hydrogen) atoms. The molecule has 0 aliphatic carbocycles. The van der Waals surface area contributed by atoms with Crippen molar-refractivity contribution in [2.75, 3.05) is 13.1 Å². The van der Waals surface area contributed by atoms with Gasteiger partial charge >= 0.3 is 6.09 Å². The Hall–Kier alpha value is -3.41. The Bertz CT molecular complexity index is 1200. The van der Waals surface area contributed by atoms with Crippen LogP contribution in [0.3, 0.4) is 0 Å². The molecule has 4 rings (SSSR count). The van der Waals surface area contributed by atoms with Gasteiger partial charge in [-0.25, -0.2) is 9.18 Å². The maximum atomic E-state index is 14.3. The maximum Gasteiger partial charge on any atom is 0.407 e. The number of nitrogens with zero attached hydrogens (tertiary/aromatic N) is 2. The summed E-state index contributed by atoms with van der Waals surface area (Å²) in [7, 11) is 0. The third kappa shape index (κ3) is 5.22. The largest absolute Gasteiger partial charge is 0.487 e. The fourth-order valence-corrected chi connectivity index (χ4v) is 4.59. The third-order valence-electron chi connectivity index (χ3n) is 6.49. The van der Waals surface area contributed by atoms with Gasteiger partial charge in [0.1, 0.15) is 18.2 Å². The minimum absolute atomic E-state index is 0.0609. The van der Waals surface area contributed by atoms with Crippen molar-refractivity contribution in [2.24, 2.45) is 5.41 Å². The minimum Gasteiger partial charge on any atom is -0.487 e. The van der Waals surface area contributed by atoms with E-state index in [4.69, 9.17) is 4.74 Å². The van der Waals surface area contributed by atoms with Crippen molar-refractivity contribution in [3.8, 4) is 16.9 Å². The van der Waals surface area contributed by atoms with Crippen molar-refractivity contribution < 1.29 is 19.0 Å². The molecule has 6 heteroatoms. The molecule has 1 atom stereocenters. The molecule has 2 aromatic carbocycles. The van der Waals surface area contributed by atoms with Gasteiger partial charge in [-0.05, 0) is 71.3 Å². The number of benzene rings is 2. The summed E-state index contributed by atoms with van der Waals surface area (Å²) in [6.45, 7) is 9.59. The van der Waals surface area contributed by atoms with Crippen molar-refractivity contribution in [3.05, 3.63) is 82.9 Å². The normalized spacial score (nSPS) is 16.0. The predicted octanol–water partition coefficient (Wildman–Crippen LogP) is 6.44. The van der Waals surface area contributed by atoms with Gasteiger partial charge in [-0.3, -0.25) is 4.98 Å². The Labute approximate surface area is 200 Å². The molecule has 1 aliphatic rings. The SMILES string of the molecule is Cc1ccnc(COc2ccc(F)cc2-c2ccc3c(c2)CCN(C(=O)O)CC3C(C)(C)C)c1. The number of pyridine rings is 1. The van der Waals surface area contributed by atoms with Gasteiger partial charge in [0.05, 0.1) is 5.69 Å². The van der Waals surface area contributed by atoms with Crippen molar-refractivity contribution in [2.45, 2.75) is 46.6 Å². The molecule has 0 radical (unpaired) electrons. The van der Waals surface area contributed by atoms with Gasteiger partial charge in [0.15, 0.2) is 0 Å². The third-order valence-corrected chi connectivity index (χ3v) is 6.49. The summed E-state index contributed by atoms with van der Waals surface area (Å²) in [6.07, 6.45) is 1.46. The topological polar surface area (TPSA) is 62.7 Å².